The molecule has 0 aromatic heterocycles. The van der Waals surface area contributed by atoms with Gasteiger partial charge >= 0.3 is 0 Å². The summed E-state index contributed by atoms with van der Waals surface area (Å²) in [7, 11) is 0. The first-order chi connectivity index (χ1) is 7.80. The van der Waals surface area contributed by atoms with Crippen molar-refractivity contribution < 1.29 is 4.79 Å². The predicted octanol–water partition coefficient (Wildman–Crippen LogP) is 0.960. The fraction of sp³-hybridized carbons (Fsp3) is 0.923. The highest BCUT2D eigenvalue weighted by Crippen LogP contribution is 2.28. The van der Waals surface area contributed by atoms with Gasteiger partial charge in [0.25, 0.3) is 0 Å². The van der Waals surface area contributed by atoms with Gasteiger partial charge in [-0.15, -0.1) is 0 Å². The van der Waals surface area contributed by atoms with Crippen molar-refractivity contribution in [3.05, 3.63) is 0 Å². The second-order valence-electron chi connectivity index (χ2n) is 6.28. The largest absolute Gasteiger partial charge is 0.368 e. The van der Waals surface area contributed by atoms with Crippen molar-refractivity contribution in [2.24, 2.45) is 11.1 Å². The van der Waals surface area contributed by atoms with Gasteiger partial charge in [0.05, 0.1) is 6.04 Å². The van der Waals surface area contributed by atoms with Gasteiger partial charge in [-0.2, -0.15) is 0 Å². The van der Waals surface area contributed by atoms with Crippen molar-refractivity contribution in [2.75, 3.05) is 19.6 Å². The molecule has 100 valence electrons. The number of nitrogens with zero attached hydrogens (tertiary/aromatic N) is 1. The molecule has 1 aliphatic heterocycles. The monoisotopic (exact) mass is 241 g/mol. The lowest BCUT2D eigenvalue weighted by Gasteiger charge is -2.39. The molecule has 1 aliphatic rings. The normalized spacial score (nSPS) is 22.6. The maximum Gasteiger partial charge on any atom is 0.235 e. The zero-order valence-corrected chi connectivity index (χ0v) is 11.6. The first kappa shape index (κ1) is 14.5. The molecule has 1 amide bonds. The Hall–Kier alpha value is -0.610. The third kappa shape index (κ3) is 5.04. The summed E-state index contributed by atoms with van der Waals surface area (Å²) in [5, 5.41) is 3.24. The molecule has 1 fully saturated rings. The van der Waals surface area contributed by atoms with Gasteiger partial charge in [-0.25, -0.2) is 0 Å². The number of carbonyl (C=O) groups excluding carboxylic acids is 1. The minimum atomic E-state index is -0.248. The lowest BCUT2D eigenvalue weighted by molar-refractivity contribution is -0.120. The van der Waals surface area contributed by atoms with Gasteiger partial charge in [-0.1, -0.05) is 27.7 Å². The molecule has 0 aliphatic carbocycles. The number of hydrogen-bond donors (Lipinski definition) is 2. The molecule has 0 spiro atoms. The van der Waals surface area contributed by atoms with Crippen molar-refractivity contribution in [1.29, 1.82) is 0 Å². The Balaban J connectivity index is 2.52. The number of rotatable bonds is 5. The van der Waals surface area contributed by atoms with Gasteiger partial charge in [-0.3, -0.25) is 4.79 Å². The average Bonchev–Trinajstić information content (AvgIpc) is 2.14. The molecule has 0 radical (unpaired) electrons. The summed E-state index contributed by atoms with van der Waals surface area (Å²) in [5.74, 6) is -0.248. The predicted molar refractivity (Wildman–Crippen MR) is 70.7 cm³/mol. The van der Waals surface area contributed by atoms with E-state index in [0.717, 1.165) is 19.6 Å². The van der Waals surface area contributed by atoms with Crippen molar-refractivity contribution >= 4 is 5.91 Å². The van der Waals surface area contributed by atoms with Gasteiger partial charge in [0.1, 0.15) is 0 Å². The van der Waals surface area contributed by atoms with Crippen LogP contribution in [0.2, 0.25) is 0 Å². The first-order valence-corrected chi connectivity index (χ1v) is 6.58. The molecule has 1 atom stereocenters. The number of nitrogens with two attached hydrogens (primary N) is 1. The van der Waals surface area contributed by atoms with Gasteiger partial charge < -0.3 is 16.0 Å². The van der Waals surface area contributed by atoms with Crippen LogP contribution in [0.15, 0.2) is 0 Å². The Bertz CT molecular complexity index is 263. The molecule has 1 unspecified atom stereocenters. The molecule has 3 N–H and O–H groups in total. The molecular formula is C13H27N3O. The minimum Gasteiger partial charge on any atom is -0.368 e. The first-order valence-electron chi connectivity index (χ1n) is 6.58. The summed E-state index contributed by atoms with van der Waals surface area (Å²) >= 11 is 0. The Morgan fingerprint density at radius 3 is 2.59 bits per heavy atom. The fourth-order valence-electron chi connectivity index (χ4n) is 2.59. The van der Waals surface area contributed by atoms with E-state index in [1.54, 1.807) is 0 Å². The summed E-state index contributed by atoms with van der Waals surface area (Å²) in [5.41, 5.74) is 5.80. The molecule has 4 nitrogen and oxygen atoms in total. The second-order valence-corrected chi connectivity index (χ2v) is 6.28. The topological polar surface area (TPSA) is 58.4 Å². The zero-order chi connectivity index (χ0) is 13.1. The van der Waals surface area contributed by atoms with E-state index in [9.17, 15) is 4.79 Å². The highest BCUT2D eigenvalue weighted by molar-refractivity contribution is 5.80. The molecule has 0 aromatic rings. The van der Waals surface area contributed by atoms with Gasteiger partial charge in [-0.05, 0) is 24.8 Å². The molecular weight excluding hydrogens is 214 g/mol. The van der Waals surface area contributed by atoms with Crippen molar-refractivity contribution in [2.45, 2.75) is 52.6 Å². The Labute approximate surface area is 105 Å². The third-order valence-corrected chi connectivity index (χ3v) is 3.30. The SMILES string of the molecule is CC(C)NC(CN1CCCC(C)(C)C1)C(N)=O. The second kappa shape index (κ2) is 5.83. The Kier molecular flexibility index (Phi) is 4.95. The number of likely N-dealkylation sites (tertiary alicyclic amines) is 1. The average molecular weight is 241 g/mol. The van der Waals surface area contributed by atoms with Crippen LogP contribution in [0, 0.1) is 5.41 Å². The van der Waals surface area contributed by atoms with Crippen LogP contribution in [0.5, 0.6) is 0 Å². The van der Waals surface area contributed by atoms with E-state index in [1.165, 1.54) is 12.8 Å². The lowest BCUT2D eigenvalue weighted by Crippen LogP contribution is -2.53. The highest BCUT2D eigenvalue weighted by atomic mass is 16.1. The van der Waals surface area contributed by atoms with Crippen LogP contribution in [0.3, 0.4) is 0 Å². The number of nitrogens with one attached hydrogen (secondary N) is 1. The van der Waals surface area contributed by atoms with Crippen LogP contribution in [-0.4, -0.2) is 42.5 Å². The number of hydrogen-bond acceptors (Lipinski definition) is 3. The van der Waals surface area contributed by atoms with E-state index in [2.05, 4.69) is 24.1 Å². The van der Waals surface area contributed by atoms with Crippen LogP contribution in [0.4, 0.5) is 0 Å². The summed E-state index contributed by atoms with van der Waals surface area (Å²) < 4.78 is 0. The maximum absolute atomic E-state index is 11.4. The highest BCUT2D eigenvalue weighted by Gasteiger charge is 2.29. The standard InChI is InChI=1S/C13H27N3O/c1-10(2)15-11(12(14)17)8-16-7-5-6-13(3,4)9-16/h10-11,15H,5-9H2,1-4H3,(H2,14,17). The number of amides is 1. The number of carbonyl (C=O) groups is 1. The molecule has 1 rings (SSSR count). The smallest absolute Gasteiger partial charge is 0.235 e. The maximum atomic E-state index is 11.4. The summed E-state index contributed by atoms with van der Waals surface area (Å²) in [4.78, 5) is 13.8. The van der Waals surface area contributed by atoms with Crippen molar-refractivity contribution in [3.8, 4) is 0 Å². The van der Waals surface area contributed by atoms with Crippen LogP contribution in [0.1, 0.15) is 40.5 Å². The number of primary amides is 1. The van der Waals surface area contributed by atoms with Crippen molar-refractivity contribution in [1.82, 2.24) is 10.2 Å². The van der Waals surface area contributed by atoms with Crippen LogP contribution in [0.25, 0.3) is 0 Å². The summed E-state index contributed by atoms with van der Waals surface area (Å²) in [6.07, 6.45) is 2.47. The van der Waals surface area contributed by atoms with Gasteiger partial charge in [0.15, 0.2) is 0 Å². The molecule has 1 saturated heterocycles. The third-order valence-electron chi connectivity index (χ3n) is 3.30. The molecule has 0 saturated carbocycles. The quantitative estimate of drug-likeness (QED) is 0.754. The van der Waals surface area contributed by atoms with E-state index >= 15 is 0 Å². The lowest BCUT2D eigenvalue weighted by atomic mass is 9.84. The number of piperidine rings is 1. The van der Waals surface area contributed by atoms with E-state index in [1.807, 2.05) is 13.8 Å². The van der Waals surface area contributed by atoms with E-state index < -0.39 is 0 Å². The van der Waals surface area contributed by atoms with E-state index in [-0.39, 0.29) is 18.0 Å². The molecule has 1 heterocycles. The van der Waals surface area contributed by atoms with Crippen molar-refractivity contribution in [3.63, 3.8) is 0 Å². The van der Waals surface area contributed by atoms with Crippen LogP contribution < -0.4 is 11.1 Å². The Morgan fingerprint density at radius 2 is 2.12 bits per heavy atom. The molecule has 4 heteroatoms. The van der Waals surface area contributed by atoms with Crippen LogP contribution >= 0.6 is 0 Å². The fourth-order valence-corrected chi connectivity index (χ4v) is 2.59. The van der Waals surface area contributed by atoms with Gasteiger partial charge in [0, 0.05) is 19.1 Å². The summed E-state index contributed by atoms with van der Waals surface area (Å²) in [6.45, 7) is 11.5. The van der Waals surface area contributed by atoms with E-state index in [0.29, 0.717) is 5.41 Å². The summed E-state index contributed by atoms with van der Waals surface area (Å²) in [6, 6.07) is 0.0502. The Morgan fingerprint density at radius 1 is 1.47 bits per heavy atom. The zero-order valence-electron chi connectivity index (χ0n) is 11.6. The molecule has 0 aromatic carbocycles. The van der Waals surface area contributed by atoms with Gasteiger partial charge in [0.2, 0.25) is 5.91 Å². The minimum absolute atomic E-state index is 0.233. The molecule has 0 bridgehead atoms. The molecule has 17 heavy (non-hydrogen) atoms. The van der Waals surface area contributed by atoms with Crippen LogP contribution in [-0.2, 0) is 4.79 Å². The van der Waals surface area contributed by atoms with E-state index in [4.69, 9.17) is 5.73 Å².